The molecule has 0 fully saturated rings. The Labute approximate surface area is 98.9 Å². The largest absolute Gasteiger partial charge is 0.269 e. The highest BCUT2D eigenvalue weighted by Crippen LogP contribution is 2.39. The number of hydrogen-bond acceptors (Lipinski definition) is 2. The third-order valence-corrected chi connectivity index (χ3v) is 3.37. The molecule has 0 aliphatic heterocycles. The predicted molar refractivity (Wildman–Crippen MR) is 66.1 cm³/mol. The summed E-state index contributed by atoms with van der Waals surface area (Å²) < 4.78 is 0. The summed E-state index contributed by atoms with van der Waals surface area (Å²) in [5.74, 6) is 0. The van der Waals surface area contributed by atoms with Crippen LogP contribution in [0.1, 0.15) is 16.7 Å². The summed E-state index contributed by atoms with van der Waals surface area (Å²) in [6, 6.07) is 11.3. The molecular weight excluding hydrogens is 214 g/mol. The Morgan fingerprint density at radius 3 is 2.76 bits per heavy atom. The SMILES string of the molecule is Cc1cccc2c1Cc1cc([N+](=O)[O-])ccc1-2. The summed E-state index contributed by atoms with van der Waals surface area (Å²) in [5, 5.41) is 10.7. The van der Waals surface area contributed by atoms with Crippen LogP contribution in [-0.2, 0) is 6.42 Å². The Balaban J connectivity index is 2.19. The van der Waals surface area contributed by atoms with Crippen molar-refractivity contribution in [2.24, 2.45) is 0 Å². The third-order valence-electron chi connectivity index (χ3n) is 3.37. The van der Waals surface area contributed by atoms with Gasteiger partial charge >= 0.3 is 0 Å². The lowest BCUT2D eigenvalue weighted by molar-refractivity contribution is -0.384. The Morgan fingerprint density at radius 2 is 2.00 bits per heavy atom. The number of non-ortho nitro benzene ring substituents is 1. The van der Waals surface area contributed by atoms with Crippen LogP contribution in [0.25, 0.3) is 11.1 Å². The first-order valence-electron chi connectivity index (χ1n) is 5.53. The topological polar surface area (TPSA) is 43.1 Å². The second-order valence-corrected chi connectivity index (χ2v) is 4.38. The van der Waals surface area contributed by atoms with Crippen LogP contribution in [0.15, 0.2) is 36.4 Å². The Hall–Kier alpha value is -2.16. The quantitative estimate of drug-likeness (QED) is 0.470. The second-order valence-electron chi connectivity index (χ2n) is 4.38. The number of nitro groups is 1. The second kappa shape index (κ2) is 3.42. The number of nitrogens with zero attached hydrogens (tertiary/aromatic N) is 1. The molecule has 0 N–H and O–H groups in total. The van der Waals surface area contributed by atoms with Crippen LogP contribution in [0.5, 0.6) is 0 Å². The van der Waals surface area contributed by atoms with Crippen LogP contribution in [0.3, 0.4) is 0 Å². The van der Waals surface area contributed by atoms with Crippen molar-refractivity contribution in [3.8, 4) is 11.1 Å². The molecule has 1 aliphatic carbocycles. The van der Waals surface area contributed by atoms with Crippen LogP contribution in [0.4, 0.5) is 5.69 Å². The maximum absolute atomic E-state index is 10.7. The predicted octanol–water partition coefficient (Wildman–Crippen LogP) is 3.47. The molecule has 84 valence electrons. The zero-order valence-corrected chi connectivity index (χ0v) is 9.43. The Kier molecular flexibility index (Phi) is 2.01. The summed E-state index contributed by atoms with van der Waals surface area (Å²) in [4.78, 5) is 10.4. The minimum atomic E-state index is -0.337. The summed E-state index contributed by atoms with van der Waals surface area (Å²) in [5.41, 5.74) is 6.13. The van der Waals surface area contributed by atoms with Crippen LogP contribution in [-0.4, -0.2) is 4.92 Å². The van der Waals surface area contributed by atoms with Gasteiger partial charge in [-0.05, 0) is 47.2 Å². The molecule has 3 nitrogen and oxygen atoms in total. The normalized spacial score (nSPS) is 12.1. The first kappa shape index (κ1) is 10.0. The molecule has 3 rings (SSSR count). The number of nitro benzene ring substituents is 1. The molecule has 0 amide bonds. The summed E-state index contributed by atoms with van der Waals surface area (Å²) in [6.45, 7) is 2.08. The zero-order chi connectivity index (χ0) is 12.0. The molecule has 0 saturated carbocycles. The molecule has 0 saturated heterocycles. The highest BCUT2D eigenvalue weighted by atomic mass is 16.6. The van der Waals surface area contributed by atoms with Gasteiger partial charge in [0.1, 0.15) is 0 Å². The smallest absolute Gasteiger partial charge is 0.258 e. The number of hydrogen-bond donors (Lipinski definition) is 0. The van der Waals surface area contributed by atoms with Crippen molar-refractivity contribution in [2.45, 2.75) is 13.3 Å². The number of rotatable bonds is 1. The van der Waals surface area contributed by atoms with Crippen molar-refractivity contribution in [3.05, 3.63) is 63.2 Å². The zero-order valence-electron chi connectivity index (χ0n) is 9.43. The standard InChI is InChI=1S/C14H11NO2/c1-9-3-2-4-13-12-6-5-11(15(16)17)7-10(12)8-14(9)13/h2-7H,8H2,1H3. The average molecular weight is 225 g/mol. The van der Waals surface area contributed by atoms with Crippen molar-refractivity contribution in [3.63, 3.8) is 0 Å². The Bertz CT molecular complexity index is 632. The fraction of sp³-hybridized carbons (Fsp3) is 0.143. The van der Waals surface area contributed by atoms with E-state index in [1.54, 1.807) is 12.1 Å². The number of benzene rings is 2. The van der Waals surface area contributed by atoms with Gasteiger partial charge in [0, 0.05) is 12.1 Å². The van der Waals surface area contributed by atoms with E-state index < -0.39 is 0 Å². The van der Waals surface area contributed by atoms with Gasteiger partial charge in [0.05, 0.1) is 4.92 Å². The van der Waals surface area contributed by atoms with E-state index in [4.69, 9.17) is 0 Å². The van der Waals surface area contributed by atoms with Gasteiger partial charge in [-0.25, -0.2) is 0 Å². The highest BCUT2D eigenvalue weighted by molar-refractivity contribution is 5.78. The van der Waals surface area contributed by atoms with Crippen molar-refractivity contribution >= 4 is 5.69 Å². The maximum atomic E-state index is 10.7. The van der Waals surface area contributed by atoms with Gasteiger partial charge in [-0.3, -0.25) is 10.1 Å². The van der Waals surface area contributed by atoms with E-state index in [2.05, 4.69) is 19.1 Å². The van der Waals surface area contributed by atoms with Gasteiger partial charge in [-0.2, -0.15) is 0 Å². The van der Waals surface area contributed by atoms with E-state index in [-0.39, 0.29) is 10.6 Å². The molecule has 17 heavy (non-hydrogen) atoms. The fourth-order valence-corrected chi connectivity index (χ4v) is 2.48. The number of fused-ring (bicyclic) bond motifs is 3. The van der Waals surface area contributed by atoms with Gasteiger partial charge in [0.25, 0.3) is 5.69 Å². The van der Waals surface area contributed by atoms with Crippen molar-refractivity contribution in [2.75, 3.05) is 0 Å². The molecule has 2 aromatic carbocycles. The molecule has 0 heterocycles. The van der Waals surface area contributed by atoms with E-state index in [1.165, 1.54) is 16.7 Å². The maximum Gasteiger partial charge on any atom is 0.269 e. The molecule has 3 heteroatoms. The van der Waals surface area contributed by atoms with E-state index in [0.29, 0.717) is 0 Å². The first-order valence-corrected chi connectivity index (χ1v) is 5.53. The fourth-order valence-electron chi connectivity index (χ4n) is 2.48. The minimum Gasteiger partial charge on any atom is -0.258 e. The molecule has 0 aromatic heterocycles. The summed E-state index contributed by atoms with van der Waals surface area (Å²) in [7, 11) is 0. The van der Waals surface area contributed by atoms with E-state index >= 15 is 0 Å². The van der Waals surface area contributed by atoms with Crippen LogP contribution in [0.2, 0.25) is 0 Å². The van der Waals surface area contributed by atoms with Crippen LogP contribution >= 0.6 is 0 Å². The van der Waals surface area contributed by atoms with Gasteiger partial charge < -0.3 is 0 Å². The van der Waals surface area contributed by atoms with Crippen LogP contribution < -0.4 is 0 Å². The number of aryl methyl sites for hydroxylation is 1. The van der Waals surface area contributed by atoms with Gasteiger partial charge in [0.15, 0.2) is 0 Å². The average Bonchev–Trinajstić information content (AvgIpc) is 2.68. The Morgan fingerprint density at radius 1 is 1.18 bits per heavy atom. The molecule has 0 radical (unpaired) electrons. The molecular formula is C14H11NO2. The van der Waals surface area contributed by atoms with Crippen molar-refractivity contribution in [1.29, 1.82) is 0 Å². The molecule has 0 atom stereocenters. The minimum absolute atomic E-state index is 0.175. The first-order chi connectivity index (χ1) is 8.16. The summed E-state index contributed by atoms with van der Waals surface area (Å²) in [6.07, 6.45) is 0.805. The van der Waals surface area contributed by atoms with Crippen LogP contribution in [0, 0.1) is 17.0 Å². The highest BCUT2D eigenvalue weighted by Gasteiger charge is 2.21. The summed E-state index contributed by atoms with van der Waals surface area (Å²) >= 11 is 0. The van der Waals surface area contributed by atoms with Gasteiger partial charge in [-0.15, -0.1) is 0 Å². The lowest BCUT2D eigenvalue weighted by atomic mass is 10.0. The van der Waals surface area contributed by atoms with Crippen molar-refractivity contribution < 1.29 is 4.92 Å². The van der Waals surface area contributed by atoms with Crippen molar-refractivity contribution in [1.82, 2.24) is 0 Å². The molecule has 1 aliphatic rings. The lowest BCUT2D eigenvalue weighted by Gasteiger charge is -2.02. The molecule has 0 bridgehead atoms. The molecule has 0 spiro atoms. The monoisotopic (exact) mass is 225 g/mol. The third kappa shape index (κ3) is 1.43. The van der Waals surface area contributed by atoms with E-state index in [1.807, 2.05) is 12.1 Å². The van der Waals surface area contributed by atoms with E-state index in [9.17, 15) is 10.1 Å². The van der Waals surface area contributed by atoms with Gasteiger partial charge in [0.2, 0.25) is 0 Å². The lowest BCUT2D eigenvalue weighted by Crippen LogP contribution is -1.89. The molecule has 0 unspecified atom stereocenters. The van der Waals surface area contributed by atoms with E-state index in [0.717, 1.165) is 17.5 Å². The molecule has 2 aromatic rings. The van der Waals surface area contributed by atoms with Gasteiger partial charge in [-0.1, -0.05) is 18.2 Å².